The third-order valence-corrected chi connectivity index (χ3v) is 6.45. The van der Waals surface area contributed by atoms with Crippen LogP contribution in [-0.2, 0) is 0 Å². The molecule has 0 aliphatic heterocycles. The molecular formula is C20H26ClN3O2. The zero-order valence-electron chi connectivity index (χ0n) is 15.3. The highest BCUT2D eigenvalue weighted by Crippen LogP contribution is 2.45. The highest BCUT2D eigenvalue weighted by Gasteiger charge is 2.41. The van der Waals surface area contributed by atoms with E-state index in [9.17, 15) is 4.79 Å². The second-order valence-electron chi connectivity index (χ2n) is 8.08. The smallest absolute Gasteiger partial charge is 0.323 e. The van der Waals surface area contributed by atoms with Gasteiger partial charge in [-0.1, -0.05) is 31.9 Å². The molecule has 5 atom stereocenters. The highest BCUT2D eigenvalue weighted by molar-refractivity contribution is 6.31. The van der Waals surface area contributed by atoms with Gasteiger partial charge in [0.25, 0.3) is 0 Å². The lowest BCUT2D eigenvalue weighted by atomic mass is 9.62. The number of anilines is 1. The van der Waals surface area contributed by atoms with Crippen molar-refractivity contribution in [3.8, 4) is 0 Å². The molecule has 6 heteroatoms. The Hall–Kier alpha value is -1.75. The topological polar surface area (TPSA) is 67.2 Å². The molecule has 2 N–H and O–H groups in total. The van der Waals surface area contributed by atoms with Gasteiger partial charge in [-0.25, -0.2) is 4.79 Å². The number of halogens is 1. The monoisotopic (exact) mass is 375 g/mol. The molecule has 5 unspecified atom stereocenters. The zero-order valence-corrected chi connectivity index (χ0v) is 16.1. The molecule has 0 spiro atoms. The van der Waals surface area contributed by atoms with Crippen molar-refractivity contribution in [2.75, 3.05) is 5.32 Å². The van der Waals surface area contributed by atoms with Gasteiger partial charge in [-0.3, -0.25) is 5.32 Å². The number of rotatable bonds is 3. The minimum atomic E-state index is -0.239. The molecule has 5 nitrogen and oxygen atoms in total. The molecule has 4 rings (SSSR count). The van der Waals surface area contributed by atoms with Gasteiger partial charge in [0.1, 0.15) is 5.52 Å². The van der Waals surface area contributed by atoms with E-state index in [0.717, 1.165) is 11.8 Å². The van der Waals surface area contributed by atoms with Gasteiger partial charge in [0, 0.05) is 11.1 Å². The molecule has 2 aromatic rings. The second kappa shape index (κ2) is 7.10. The number of nitrogens with zero attached hydrogens (tertiary/aromatic N) is 1. The third-order valence-electron chi connectivity index (χ3n) is 6.21. The Labute approximate surface area is 158 Å². The number of fused-ring (bicyclic) bond motifs is 3. The first-order chi connectivity index (χ1) is 12.5. The summed E-state index contributed by atoms with van der Waals surface area (Å²) in [4.78, 5) is 16.8. The van der Waals surface area contributed by atoms with Crippen LogP contribution in [0.2, 0.25) is 5.02 Å². The Kier molecular flexibility index (Phi) is 4.82. The van der Waals surface area contributed by atoms with Gasteiger partial charge < -0.3 is 9.73 Å². The number of hydrogen-bond donors (Lipinski definition) is 2. The number of nitrogens with one attached hydrogen (secondary N) is 2. The maximum Gasteiger partial charge on any atom is 0.323 e. The molecule has 26 heavy (non-hydrogen) atoms. The molecule has 2 saturated carbocycles. The molecule has 0 saturated heterocycles. The summed E-state index contributed by atoms with van der Waals surface area (Å²) in [5.41, 5.74) is 1.25. The number of amides is 2. The first-order valence-electron chi connectivity index (χ1n) is 9.65. The molecule has 140 valence electrons. The van der Waals surface area contributed by atoms with E-state index in [4.69, 9.17) is 16.0 Å². The highest BCUT2D eigenvalue weighted by atomic mass is 35.5. The van der Waals surface area contributed by atoms with Crippen molar-refractivity contribution < 1.29 is 9.21 Å². The third kappa shape index (κ3) is 3.54. The van der Waals surface area contributed by atoms with Crippen molar-refractivity contribution in [2.24, 2.45) is 23.7 Å². The Morgan fingerprint density at radius 3 is 2.96 bits per heavy atom. The van der Waals surface area contributed by atoms with Crippen molar-refractivity contribution in [1.29, 1.82) is 0 Å². The fourth-order valence-electron chi connectivity index (χ4n) is 5.07. The lowest BCUT2D eigenvalue weighted by Gasteiger charge is -2.47. The number of carbonyl (C=O) groups excluding carboxylic acids is 1. The van der Waals surface area contributed by atoms with Gasteiger partial charge in [-0.05, 0) is 67.6 Å². The molecule has 2 aliphatic rings. The van der Waals surface area contributed by atoms with Crippen LogP contribution in [0.1, 0.15) is 46.0 Å². The van der Waals surface area contributed by atoms with Crippen molar-refractivity contribution in [3.05, 3.63) is 23.2 Å². The second-order valence-corrected chi connectivity index (χ2v) is 8.51. The Bertz CT molecular complexity index is 803. The van der Waals surface area contributed by atoms with Gasteiger partial charge in [-0.2, -0.15) is 4.98 Å². The molecule has 0 radical (unpaired) electrons. The van der Waals surface area contributed by atoms with Crippen molar-refractivity contribution in [1.82, 2.24) is 10.3 Å². The molecular weight excluding hydrogens is 350 g/mol. The van der Waals surface area contributed by atoms with Crippen molar-refractivity contribution in [2.45, 2.75) is 52.0 Å². The normalized spacial score (nSPS) is 31.0. The largest absolute Gasteiger partial charge is 0.423 e. The Morgan fingerprint density at radius 2 is 2.15 bits per heavy atom. The molecule has 2 fully saturated rings. The predicted octanol–water partition coefficient (Wildman–Crippen LogP) is 5.45. The number of carbonyl (C=O) groups is 1. The van der Waals surface area contributed by atoms with Gasteiger partial charge in [-0.15, -0.1) is 0 Å². The predicted molar refractivity (Wildman–Crippen MR) is 103 cm³/mol. The van der Waals surface area contributed by atoms with Crippen molar-refractivity contribution in [3.63, 3.8) is 0 Å². The number of aromatic nitrogens is 1. The summed E-state index contributed by atoms with van der Waals surface area (Å²) in [6, 6.07) is 5.41. The van der Waals surface area contributed by atoms with Crippen molar-refractivity contribution >= 4 is 34.7 Å². The summed E-state index contributed by atoms with van der Waals surface area (Å²) in [7, 11) is 0. The standard InChI is InChI=1S/C20H26ClN3O2/c1-3-12-7-13-6-11(2)18(14(8-12)9-13)23-19(25)24-20-22-16-10-15(21)4-5-17(16)26-20/h4-5,10-14,18H,3,6-9H2,1-2H3,(H2,22,23,24,25). The van der Waals surface area contributed by atoms with Crippen LogP contribution in [0.3, 0.4) is 0 Å². The van der Waals surface area contributed by atoms with E-state index < -0.39 is 0 Å². The van der Waals surface area contributed by atoms with Crippen LogP contribution in [0, 0.1) is 23.7 Å². The minimum absolute atomic E-state index is 0.205. The lowest BCUT2D eigenvalue weighted by Crippen LogP contribution is -2.51. The van der Waals surface area contributed by atoms with E-state index in [2.05, 4.69) is 29.5 Å². The number of hydrogen-bond acceptors (Lipinski definition) is 3. The minimum Gasteiger partial charge on any atom is -0.423 e. The summed E-state index contributed by atoms with van der Waals surface area (Å²) in [6.07, 6.45) is 6.28. The summed E-state index contributed by atoms with van der Waals surface area (Å²) < 4.78 is 5.58. The fourth-order valence-corrected chi connectivity index (χ4v) is 5.24. The Balaban J connectivity index is 1.43. The molecule has 2 amide bonds. The van der Waals surface area contributed by atoms with Crippen LogP contribution in [-0.4, -0.2) is 17.1 Å². The first kappa shape index (κ1) is 17.7. The average molecular weight is 376 g/mol. The summed E-state index contributed by atoms with van der Waals surface area (Å²) in [6.45, 7) is 4.54. The molecule has 1 heterocycles. The molecule has 1 aromatic heterocycles. The van der Waals surface area contributed by atoms with Gasteiger partial charge >= 0.3 is 12.0 Å². The van der Waals surface area contributed by atoms with Crippen LogP contribution in [0.5, 0.6) is 0 Å². The summed E-state index contributed by atoms with van der Waals surface area (Å²) in [5, 5.41) is 6.54. The van der Waals surface area contributed by atoms with E-state index in [-0.39, 0.29) is 18.1 Å². The van der Waals surface area contributed by atoms with Crippen LogP contribution >= 0.6 is 11.6 Å². The molecule has 2 bridgehead atoms. The van der Waals surface area contributed by atoms with E-state index in [1.54, 1.807) is 18.2 Å². The first-order valence-corrected chi connectivity index (χ1v) is 10.0. The zero-order chi connectivity index (χ0) is 18.3. The van der Waals surface area contributed by atoms with Gasteiger partial charge in [0.05, 0.1) is 0 Å². The number of benzene rings is 1. The van der Waals surface area contributed by atoms with E-state index in [1.165, 1.54) is 32.1 Å². The maximum absolute atomic E-state index is 12.5. The number of urea groups is 1. The van der Waals surface area contributed by atoms with E-state index in [1.807, 2.05) is 0 Å². The fraction of sp³-hybridized carbons (Fsp3) is 0.600. The lowest BCUT2D eigenvalue weighted by molar-refractivity contribution is 0.0685. The quantitative estimate of drug-likeness (QED) is 0.749. The van der Waals surface area contributed by atoms with Crippen LogP contribution < -0.4 is 10.6 Å². The Morgan fingerprint density at radius 1 is 1.31 bits per heavy atom. The maximum atomic E-state index is 12.5. The summed E-state index contributed by atoms with van der Waals surface area (Å²) in [5.74, 6) is 2.72. The van der Waals surface area contributed by atoms with Gasteiger partial charge in [0.2, 0.25) is 0 Å². The SMILES string of the molecule is CCC1CC2CC(C)C(NC(=O)Nc3nc4cc(Cl)ccc4o3)C(C1)C2. The van der Waals surface area contributed by atoms with E-state index in [0.29, 0.717) is 28.0 Å². The summed E-state index contributed by atoms with van der Waals surface area (Å²) >= 11 is 5.97. The molecule has 2 aliphatic carbocycles. The number of oxazole rings is 1. The van der Waals surface area contributed by atoms with Crippen LogP contribution in [0.25, 0.3) is 11.1 Å². The van der Waals surface area contributed by atoms with Crippen LogP contribution in [0.15, 0.2) is 22.6 Å². The average Bonchev–Trinajstić information content (AvgIpc) is 2.99. The molecule has 1 aromatic carbocycles. The van der Waals surface area contributed by atoms with E-state index >= 15 is 0 Å². The van der Waals surface area contributed by atoms with Gasteiger partial charge in [0.15, 0.2) is 5.58 Å². The van der Waals surface area contributed by atoms with Crippen LogP contribution in [0.4, 0.5) is 10.8 Å².